The van der Waals surface area contributed by atoms with E-state index in [0.29, 0.717) is 0 Å². The van der Waals surface area contributed by atoms with Crippen LogP contribution in [0.15, 0.2) is 12.2 Å². The third-order valence-corrected chi connectivity index (χ3v) is 3.35. The lowest BCUT2D eigenvalue weighted by atomic mass is 10.2. The quantitative estimate of drug-likeness (QED) is 0.396. The summed E-state index contributed by atoms with van der Waals surface area (Å²) >= 11 is 0. The molecule has 2 heteroatoms. The van der Waals surface area contributed by atoms with E-state index in [1.165, 1.54) is 6.04 Å². The highest BCUT2D eigenvalue weighted by atomic mass is 28.3. The van der Waals surface area contributed by atoms with Crippen molar-refractivity contribution in [2.45, 2.75) is 58.0 Å². The Morgan fingerprint density at radius 3 is 2.31 bits per heavy atom. The molecule has 0 aromatic heterocycles. The summed E-state index contributed by atoms with van der Waals surface area (Å²) in [6.07, 6.45) is 7.60. The third-order valence-electron chi connectivity index (χ3n) is 1.89. The molecule has 1 atom stereocenters. The van der Waals surface area contributed by atoms with Crippen LogP contribution in [0.2, 0.25) is 25.7 Å². The number of allylic oxidation sites excluding steroid dienone is 2. The predicted octanol–water partition coefficient (Wildman–Crippen LogP) is 3.43. The maximum atomic E-state index is 9.02. The zero-order chi connectivity index (χ0) is 10.3. The fourth-order valence-corrected chi connectivity index (χ4v) is 1.96. The lowest BCUT2D eigenvalue weighted by Gasteiger charge is -2.11. The number of unbranched alkanes of at least 4 members (excludes halogenated alkanes) is 1. The molecular formula is C11H24OSi. The molecule has 0 spiro atoms. The Bertz CT molecular complexity index is 145. The van der Waals surface area contributed by atoms with E-state index in [2.05, 4.69) is 31.8 Å². The largest absolute Gasteiger partial charge is 0.393 e. The van der Waals surface area contributed by atoms with Crippen molar-refractivity contribution in [3.63, 3.8) is 0 Å². The summed E-state index contributed by atoms with van der Waals surface area (Å²) < 4.78 is 0. The summed E-state index contributed by atoms with van der Waals surface area (Å²) in [7, 11) is -0.875. The van der Waals surface area contributed by atoms with Crippen molar-refractivity contribution in [3.05, 3.63) is 12.2 Å². The maximum Gasteiger partial charge on any atom is 0.0512 e. The molecule has 1 N–H and O–H groups in total. The van der Waals surface area contributed by atoms with Gasteiger partial charge in [0.25, 0.3) is 0 Å². The van der Waals surface area contributed by atoms with Crippen LogP contribution < -0.4 is 0 Å². The van der Waals surface area contributed by atoms with Crippen molar-refractivity contribution in [1.29, 1.82) is 0 Å². The minimum atomic E-state index is -0.875. The zero-order valence-electron chi connectivity index (χ0n) is 9.51. The van der Waals surface area contributed by atoms with Crippen LogP contribution in [-0.2, 0) is 0 Å². The van der Waals surface area contributed by atoms with E-state index in [0.717, 1.165) is 19.3 Å². The number of aliphatic hydroxyl groups excluding tert-OH is 1. The lowest BCUT2D eigenvalue weighted by molar-refractivity contribution is 0.182. The van der Waals surface area contributed by atoms with Gasteiger partial charge in [-0.3, -0.25) is 0 Å². The number of rotatable bonds is 6. The van der Waals surface area contributed by atoms with Gasteiger partial charge in [0, 0.05) is 8.07 Å². The van der Waals surface area contributed by atoms with Crippen molar-refractivity contribution < 1.29 is 5.11 Å². The predicted molar refractivity (Wildman–Crippen MR) is 62.8 cm³/mol. The first kappa shape index (κ1) is 12.9. The van der Waals surface area contributed by atoms with Gasteiger partial charge in [-0.2, -0.15) is 0 Å². The van der Waals surface area contributed by atoms with Crippen LogP contribution in [-0.4, -0.2) is 19.3 Å². The molecule has 0 saturated carbocycles. The van der Waals surface area contributed by atoms with Crippen molar-refractivity contribution in [1.82, 2.24) is 0 Å². The van der Waals surface area contributed by atoms with Gasteiger partial charge in [-0.1, -0.05) is 31.8 Å². The number of hydrogen-bond acceptors (Lipinski definition) is 1. The Morgan fingerprint density at radius 2 is 1.85 bits per heavy atom. The van der Waals surface area contributed by atoms with Crippen molar-refractivity contribution >= 4 is 8.07 Å². The molecule has 0 heterocycles. The van der Waals surface area contributed by atoms with Crippen LogP contribution >= 0.6 is 0 Å². The molecule has 78 valence electrons. The van der Waals surface area contributed by atoms with Crippen LogP contribution in [0.25, 0.3) is 0 Å². The van der Waals surface area contributed by atoms with Crippen molar-refractivity contribution in [2.75, 3.05) is 0 Å². The highest BCUT2D eigenvalue weighted by molar-refractivity contribution is 6.76. The van der Waals surface area contributed by atoms with Gasteiger partial charge < -0.3 is 5.11 Å². The van der Waals surface area contributed by atoms with E-state index in [4.69, 9.17) is 5.11 Å². The molecule has 0 bridgehead atoms. The van der Waals surface area contributed by atoms with Gasteiger partial charge in [-0.15, -0.1) is 0 Å². The molecule has 0 aromatic rings. The Kier molecular flexibility index (Phi) is 6.34. The average molecular weight is 200 g/mol. The van der Waals surface area contributed by atoms with Crippen LogP contribution in [0.3, 0.4) is 0 Å². The minimum Gasteiger partial charge on any atom is -0.393 e. The topological polar surface area (TPSA) is 20.2 Å². The van der Waals surface area contributed by atoms with E-state index >= 15 is 0 Å². The molecule has 0 aliphatic heterocycles. The second-order valence-electron chi connectivity index (χ2n) is 5.02. The molecule has 0 aromatic carbocycles. The van der Waals surface area contributed by atoms with Gasteiger partial charge in [-0.25, -0.2) is 0 Å². The summed E-state index contributed by atoms with van der Waals surface area (Å²) in [5.74, 6) is 0. The van der Waals surface area contributed by atoms with Gasteiger partial charge in [-0.05, 0) is 32.2 Å². The van der Waals surface area contributed by atoms with Crippen molar-refractivity contribution in [3.8, 4) is 0 Å². The van der Waals surface area contributed by atoms with E-state index in [9.17, 15) is 0 Å². The Morgan fingerprint density at radius 1 is 1.23 bits per heavy atom. The average Bonchev–Trinajstić information content (AvgIpc) is 1.93. The number of aliphatic hydroxyl groups is 1. The van der Waals surface area contributed by atoms with Gasteiger partial charge >= 0.3 is 0 Å². The van der Waals surface area contributed by atoms with Crippen LogP contribution in [0.4, 0.5) is 0 Å². The van der Waals surface area contributed by atoms with Crippen LogP contribution in [0, 0.1) is 0 Å². The highest BCUT2D eigenvalue weighted by Gasteiger charge is 2.08. The number of hydrogen-bond donors (Lipinski definition) is 1. The monoisotopic (exact) mass is 200 g/mol. The second kappa shape index (κ2) is 6.38. The second-order valence-corrected chi connectivity index (χ2v) is 10.5. The van der Waals surface area contributed by atoms with Crippen LogP contribution in [0.5, 0.6) is 0 Å². The maximum absolute atomic E-state index is 9.02. The first-order chi connectivity index (χ1) is 5.92. The van der Waals surface area contributed by atoms with E-state index < -0.39 is 8.07 Å². The van der Waals surface area contributed by atoms with E-state index in [-0.39, 0.29) is 6.10 Å². The Labute approximate surface area is 83.9 Å². The molecule has 0 rings (SSSR count). The van der Waals surface area contributed by atoms with Gasteiger partial charge in [0.1, 0.15) is 0 Å². The summed E-state index contributed by atoms with van der Waals surface area (Å²) in [4.78, 5) is 0. The van der Waals surface area contributed by atoms with E-state index in [1.54, 1.807) is 0 Å². The van der Waals surface area contributed by atoms with Gasteiger partial charge in [0.05, 0.1) is 6.10 Å². The Hall–Kier alpha value is -0.0831. The Balaban J connectivity index is 3.33. The van der Waals surface area contributed by atoms with Crippen molar-refractivity contribution in [2.24, 2.45) is 0 Å². The smallest absolute Gasteiger partial charge is 0.0512 e. The molecular weight excluding hydrogens is 176 g/mol. The minimum absolute atomic E-state index is 0.134. The first-order valence-electron chi connectivity index (χ1n) is 5.25. The SMILES string of the molecule is CC(O)CCC/C=C/C[Si](C)(C)C. The molecule has 0 aliphatic carbocycles. The van der Waals surface area contributed by atoms with E-state index in [1.807, 2.05) is 6.92 Å². The standard InChI is InChI=1S/C11H24OSi/c1-11(12)9-7-5-6-8-10-13(2,3)4/h6,8,11-12H,5,7,9-10H2,1-4H3/b8-6+. The molecule has 1 nitrogen and oxygen atoms in total. The molecule has 0 fully saturated rings. The lowest BCUT2D eigenvalue weighted by Crippen LogP contribution is -2.17. The molecule has 0 saturated heterocycles. The zero-order valence-corrected chi connectivity index (χ0v) is 10.5. The summed E-state index contributed by atoms with van der Waals surface area (Å²) in [6.45, 7) is 9.00. The summed E-state index contributed by atoms with van der Waals surface area (Å²) in [5, 5.41) is 9.02. The molecule has 0 aliphatic rings. The summed E-state index contributed by atoms with van der Waals surface area (Å²) in [5.41, 5.74) is 0. The molecule has 13 heavy (non-hydrogen) atoms. The summed E-state index contributed by atoms with van der Waals surface area (Å²) in [6, 6.07) is 1.28. The van der Waals surface area contributed by atoms with Gasteiger partial charge in [0.2, 0.25) is 0 Å². The van der Waals surface area contributed by atoms with Gasteiger partial charge in [0.15, 0.2) is 0 Å². The molecule has 1 unspecified atom stereocenters. The normalized spacial score (nSPS) is 15.2. The first-order valence-corrected chi connectivity index (χ1v) is 8.95. The fraction of sp³-hybridized carbons (Fsp3) is 0.818. The highest BCUT2D eigenvalue weighted by Crippen LogP contribution is 2.09. The molecule has 0 radical (unpaired) electrons. The third kappa shape index (κ3) is 11.9. The molecule has 0 amide bonds. The fourth-order valence-electron chi connectivity index (χ4n) is 1.09. The van der Waals surface area contributed by atoms with Crippen LogP contribution in [0.1, 0.15) is 26.2 Å².